The molecule has 2 aliphatic heterocycles. The fraction of sp³-hybridized carbons (Fsp3) is 0.174. The summed E-state index contributed by atoms with van der Waals surface area (Å²) in [6, 6.07) is 11.6. The zero-order valence-electron chi connectivity index (χ0n) is 17.5. The lowest BCUT2D eigenvalue weighted by Crippen LogP contribution is -2.52. The van der Waals surface area contributed by atoms with Crippen LogP contribution in [-0.2, 0) is 16.9 Å². The molecule has 4 amide bonds. The van der Waals surface area contributed by atoms with Crippen molar-refractivity contribution in [2.45, 2.75) is 12.1 Å². The van der Waals surface area contributed by atoms with Crippen LogP contribution in [0.1, 0.15) is 21.5 Å². The van der Waals surface area contributed by atoms with E-state index in [1.165, 1.54) is 19.5 Å². The number of nitrogens with one attached hydrogen (secondary N) is 2. The van der Waals surface area contributed by atoms with E-state index < -0.39 is 17.5 Å². The molecule has 9 nitrogen and oxygen atoms in total. The van der Waals surface area contributed by atoms with E-state index in [1.807, 2.05) is 6.07 Å². The van der Waals surface area contributed by atoms with Gasteiger partial charge in [0.25, 0.3) is 11.8 Å². The number of amides is 4. The third-order valence-electron chi connectivity index (χ3n) is 5.87. The van der Waals surface area contributed by atoms with Gasteiger partial charge in [0.1, 0.15) is 11.4 Å². The summed E-state index contributed by atoms with van der Waals surface area (Å²) in [6.45, 7) is 0.280. The average molecular weight is 464 g/mol. The zero-order valence-corrected chi connectivity index (χ0v) is 18.2. The van der Waals surface area contributed by atoms with Crippen LogP contribution in [0.25, 0.3) is 11.3 Å². The summed E-state index contributed by atoms with van der Waals surface area (Å²) in [6.07, 6.45) is 3.03. The number of rotatable bonds is 5. The minimum Gasteiger partial charge on any atom is -0.497 e. The Morgan fingerprint density at radius 3 is 2.52 bits per heavy atom. The lowest BCUT2D eigenvalue weighted by Gasteiger charge is -2.31. The first kappa shape index (κ1) is 20.9. The minimum absolute atomic E-state index is 0.0361. The Kier molecular flexibility index (Phi) is 4.98. The molecular formula is C23H18ClN5O4. The summed E-state index contributed by atoms with van der Waals surface area (Å²) < 4.78 is 5.22. The Morgan fingerprint density at radius 2 is 1.85 bits per heavy atom. The molecule has 0 saturated carbocycles. The Bertz CT molecular complexity index is 1300. The maximum absolute atomic E-state index is 13.1. The van der Waals surface area contributed by atoms with Crippen LogP contribution in [0.5, 0.6) is 5.75 Å². The largest absolute Gasteiger partial charge is 0.497 e. The highest BCUT2D eigenvalue weighted by molar-refractivity contribution is 6.31. The zero-order chi connectivity index (χ0) is 23.2. The maximum atomic E-state index is 13.1. The van der Waals surface area contributed by atoms with E-state index >= 15 is 0 Å². The molecule has 0 spiro atoms. The fourth-order valence-corrected chi connectivity index (χ4v) is 4.42. The SMILES string of the molecule is COc1ccc2c(c1)C(=O)N(C[C@@]1(c3ccc(-c4nccnc4Cl)cc3)NC(=O)NC1=O)C2. The first-order valence-corrected chi connectivity index (χ1v) is 10.5. The highest BCUT2D eigenvalue weighted by atomic mass is 35.5. The van der Waals surface area contributed by atoms with E-state index in [4.69, 9.17) is 16.3 Å². The van der Waals surface area contributed by atoms with E-state index in [9.17, 15) is 14.4 Å². The fourth-order valence-electron chi connectivity index (χ4n) is 4.21. The molecule has 10 heteroatoms. The number of urea groups is 1. The molecule has 0 unspecified atom stereocenters. The van der Waals surface area contributed by atoms with E-state index in [2.05, 4.69) is 20.6 Å². The van der Waals surface area contributed by atoms with Crippen LogP contribution < -0.4 is 15.4 Å². The summed E-state index contributed by atoms with van der Waals surface area (Å²) in [7, 11) is 1.53. The number of ether oxygens (including phenoxy) is 1. The lowest BCUT2D eigenvalue weighted by atomic mass is 9.88. The highest BCUT2D eigenvalue weighted by Crippen LogP contribution is 2.33. The van der Waals surface area contributed by atoms with Gasteiger partial charge in [-0.25, -0.2) is 9.78 Å². The lowest BCUT2D eigenvalue weighted by molar-refractivity contribution is -0.124. The van der Waals surface area contributed by atoms with Crippen molar-refractivity contribution >= 4 is 29.4 Å². The number of nitrogens with zero attached hydrogens (tertiary/aromatic N) is 3. The monoisotopic (exact) mass is 463 g/mol. The van der Waals surface area contributed by atoms with Crippen molar-refractivity contribution in [2.24, 2.45) is 0 Å². The second-order valence-electron chi connectivity index (χ2n) is 7.77. The molecule has 166 valence electrons. The van der Waals surface area contributed by atoms with Gasteiger partial charge in [0, 0.05) is 30.1 Å². The van der Waals surface area contributed by atoms with Crippen LogP contribution >= 0.6 is 11.6 Å². The predicted octanol–water partition coefficient (Wildman–Crippen LogP) is 2.50. The van der Waals surface area contributed by atoms with Crippen LogP contribution in [0.3, 0.4) is 0 Å². The molecule has 1 aromatic heterocycles. The van der Waals surface area contributed by atoms with Crippen LogP contribution in [0.2, 0.25) is 5.15 Å². The van der Waals surface area contributed by atoms with Crippen molar-refractivity contribution < 1.29 is 19.1 Å². The topological polar surface area (TPSA) is 114 Å². The first-order valence-electron chi connectivity index (χ1n) is 10.1. The van der Waals surface area contributed by atoms with Crippen molar-refractivity contribution in [3.8, 4) is 17.0 Å². The number of imide groups is 1. The molecule has 1 fully saturated rings. The van der Waals surface area contributed by atoms with Gasteiger partial charge in [-0.15, -0.1) is 0 Å². The van der Waals surface area contributed by atoms with Gasteiger partial charge in [0.15, 0.2) is 10.7 Å². The predicted molar refractivity (Wildman–Crippen MR) is 119 cm³/mol. The van der Waals surface area contributed by atoms with Gasteiger partial charge in [0.2, 0.25) is 0 Å². The number of aromatic nitrogens is 2. The van der Waals surface area contributed by atoms with Crippen LogP contribution in [-0.4, -0.2) is 46.4 Å². The third kappa shape index (κ3) is 3.46. The molecule has 2 N–H and O–H groups in total. The first-order chi connectivity index (χ1) is 15.9. The van der Waals surface area contributed by atoms with Gasteiger partial charge >= 0.3 is 6.03 Å². The second kappa shape index (κ2) is 7.86. The smallest absolute Gasteiger partial charge is 0.322 e. The van der Waals surface area contributed by atoms with E-state index in [0.717, 1.165) is 5.56 Å². The number of halogens is 1. The highest BCUT2D eigenvalue weighted by Gasteiger charge is 2.50. The van der Waals surface area contributed by atoms with Gasteiger partial charge in [-0.1, -0.05) is 41.9 Å². The van der Waals surface area contributed by atoms with Gasteiger partial charge in [0.05, 0.1) is 13.7 Å². The molecule has 5 rings (SSSR count). The number of fused-ring (bicyclic) bond motifs is 1. The summed E-state index contributed by atoms with van der Waals surface area (Å²) in [5.74, 6) is -0.192. The van der Waals surface area contributed by atoms with E-state index in [0.29, 0.717) is 34.7 Å². The van der Waals surface area contributed by atoms with Crippen LogP contribution in [0.15, 0.2) is 54.9 Å². The Balaban J connectivity index is 1.49. The molecule has 2 aliphatic rings. The second-order valence-corrected chi connectivity index (χ2v) is 8.13. The molecule has 0 radical (unpaired) electrons. The standard InChI is InChI=1S/C23H18ClN5O4/c1-33-16-7-4-14-11-29(20(30)17(14)10-16)12-23(21(31)27-22(32)28-23)15-5-2-13(3-6-15)18-19(24)26-9-8-25-18/h2-10H,11-12H2,1H3,(H2,27,28,31,32)/t23-/m0/s1. The molecule has 3 aromatic rings. The molecule has 3 heterocycles. The number of benzene rings is 2. The average Bonchev–Trinajstić information content (AvgIpc) is 3.29. The number of carbonyl (C=O) groups is 3. The molecular weight excluding hydrogens is 446 g/mol. The Hall–Kier alpha value is -3.98. The quantitative estimate of drug-likeness (QED) is 0.562. The van der Waals surface area contributed by atoms with Crippen molar-refractivity contribution in [1.82, 2.24) is 25.5 Å². The maximum Gasteiger partial charge on any atom is 0.322 e. The van der Waals surface area contributed by atoms with Gasteiger partial charge in [-0.05, 0) is 23.3 Å². The molecule has 2 aromatic carbocycles. The van der Waals surface area contributed by atoms with Crippen LogP contribution in [0, 0.1) is 0 Å². The summed E-state index contributed by atoms with van der Waals surface area (Å²) in [5, 5.41) is 5.28. The van der Waals surface area contributed by atoms with E-state index in [-0.39, 0.29) is 17.6 Å². The number of carbonyl (C=O) groups excluding carboxylic acids is 3. The van der Waals surface area contributed by atoms with Crippen LogP contribution in [0.4, 0.5) is 4.79 Å². The van der Waals surface area contributed by atoms with Crippen molar-refractivity contribution in [2.75, 3.05) is 13.7 Å². The molecule has 0 bridgehead atoms. The van der Waals surface area contributed by atoms with Gasteiger partial charge < -0.3 is 15.0 Å². The number of methoxy groups -OCH3 is 1. The van der Waals surface area contributed by atoms with Gasteiger partial charge in [-0.2, -0.15) is 0 Å². The minimum atomic E-state index is -1.44. The molecule has 33 heavy (non-hydrogen) atoms. The van der Waals surface area contributed by atoms with Crippen molar-refractivity contribution in [3.05, 3.63) is 76.7 Å². The number of hydrogen-bond acceptors (Lipinski definition) is 6. The summed E-state index contributed by atoms with van der Waals surface area (Å²) in [4.78, 5) is 48.0. The third-order valence-corrected chi connectivity index (χ3v) is 6.15. The summed E-state index contributed by atoms with van der Waals surface area (Å²) >= 11 is 6.14. The molecule has 1 saturated heterocycles. The molecule has 0 aliphatic carbocycles. The Labute approximate surface area is 193 Å². The summed E-state index contributed by atoms with van der Waals surface area (Å²) in [5.41, 5.74) is 1.63. The molecule has 1 atom stereocenters. The van der Waals surface area contributed by atoms with E-state index in [1.54, 1.807) is 41.3 Å². The van der Waals surface area contributed by atoms with Gasteiger partial charge in [-0.3, -0.25) is 19.9 Å². The number of hydrogen-bond donors (Lipinski definition) is 2. The van der Waals surface area contributed by atoms with Crippen molar-refractivity contribution in [1.29, 1.82) is 0 Å². The van der Waals surface area contributed by atoms with Crippen molar-refractivity contribution in [3.63, 3.8) is 0 Å². The Morgan fingerprint density at radius 1 is 1.09 bits per heavy atom. The normalized spacial score (nSPS) is 19.3.